The van der Waals surface area contributed by atoms with Gasteiger partial charge in [0.15, 0.2) is 0 Å². The lowest BCUT2D eigenvalue weighted by molar-refractivity contribution is -0.129. The molecule has 1 aromatic rings. The molecule has 18 heavy (non-hydrogen) atoms. The van der Waals surface area contributed by atoms with E-state index in [0.717, 1.165) is 18.4 Å². The molecular formula is C14H20N2O2. The van der Waals surface area contributed by atoms with E-state index in [-0.39, 0.29) is 11.8 Å². The number of unbranched alkanes of at least 4 members (excludes halogenated alkanes) is 1. The second kappa shape index (κ2) is 7.48. The Hall–Kier alpha value is -1.84. The second-order valence-corrected chi connectivity index (χ2v) is 4.40. The first kappa shape index (κ1) is 14.2. The van der Waals surface area contributed by atoms with E-state index in [1.165, 1.54) is 0 Å². The van der Waals surface area contributed by atoms with Crippen molar-refractivity contribution in [3.63, 3.8) is 0 Å². The van der Waals surface area contributed by atoms with Gasteiger partial charge in [0.05, 0.1) is 6.42 Å². The Morgan fingerprint density at radius 3 is 2.44 bits per heavy atom. The van der Waals surface area contributed by atoms with E-state index in [9.17, 15) is 9.59 Å². The standard InChI is InChI=1S/C14H20N2O2/c1-16(10-6-5-9-13(15)17)14(18)11-12-7-3-2-4-8-12/h2-4,7-8H,5-6,9-11H2,1H3,(H2,15,17). The summed E-state index contributed by atoms with van der Waals surface area (Å²) < 4.78 is 0. The van der Waals surface area contributed by atoms with Crippen LogP contribution >= 0.6 is 0 Å². The Morgan fingerprint density at radius 1 is 1.17 bits per heavy atom. The minimum absolute atomic E-state index is 0.0975. The van der Waals surface area contributed by atoms with Crippen molar-refractivity contribution in [1.82, 2.24) is 4.90 Å². The molecular weight excluding hydrogens is 228 g/mol. The van der Waals surface area contributed by atoms with Crippen LogP contribution in [0.1, 0.15) is 24.8 Å². The summed E-state index contributed by atoms with van der Waals surface area (Å²) in [5.41, 5.74) is 6.07. The van der Waals surface area contributed by atoms with Crippen molar-refractivity contribution in [2.45, 2.75) is 25.7 Å². The predicted molar refractivity (Wildman–Crippen MR) is 70.8 cm³/mol. The number of likely N-dealkylation sites (N-methyl/N-ethyl adjacent to an activating group) is 1. The highest BCUT2D eigenvalue weighted by atomic mass is 16.2. The van der Waals surface area contributed by atoms with Crippen molar-refractivity contribution in [2.75, 3.05) is 13.6 Å². The third-order valence-electron chi connectivity index (χ3n) is 2.79. The minimum atomic E-state index is -0.284. The van der Waals surface area contributed by atoms with E-state index in [4.69, 9.17) is 5.73 Å². The van der Waals surface area contributed by atoms with Crippen LogP contribution in [0.25, 0.3) is 0 Å². The number of hydrogen-bond acceptors (Lipinski definition) is 2. The van der Waals surface area contributed by atoms with Crippen molar-refractivity contribution in [2.24, 2.45) is 5.73 Å². The van der Waals surface area contributed by atoms with Crippen molar-refractivity contribution in [3.8, 4) is 0 Å². The number of carbonyl (C=O) groups excluding carboxylic acids is 2. The third kappa shape index (κ3) is 5.48. The van der Waals surface area contributed by atoms with Crippen LogP contribution in [-0.4, -0.2) is 30.3 Å². The highest BCUT2D eigenvalue weighted by Crippen LogP contribution is 2.03. The first-order chi connectivity index (χ1) is 8.59. The van der Waals surface area contributed by atoms with Gasteiger partial charge >= 0.3 is 0 Å². The number of primary amides is 1. The Labute approximate surface area is 108 Å². The molecule has 0 aromatic heterocycles. The molecule has 0 aliphatic carbocycles. The SMILES string of the molecule is CN(CCCCC(N)=O)C(=O)Cc1ccccc1. The molecule has 98 valence electrons. The molecule has 0 aliphatic rings. The molecule has 1 aromatic carbocycles. The van der Waals surface area contributed by atoms with Gasteiger partial charge in [-0.1, -0.05) is 30.3 Å². The average Bonchev–Trinajstić information content (AvgIpc) is 2.35. The highest BCUT2D eigenvalue weighted by Gasteiger charge is 2.09. The van der Waals surface area contributed by atoms with Crippen molar-refractivity contribution >= 4 is 11.8 Å². The summed E-state index contributed by atoms with van der Waals surface area (Å²) >= 11 is 0. The van der Waals surface area contributed by atoms with Crippen LogP contribution in [0.3, 0.4) is 0 Å². The number of amides is 2. The van der Waals surface area contributed by atoms with Crippen LogP contribution in [0.15, 0.2) is 30.3 Å². The van der Waals surface area contributed by atoms with Crippen molar-refractivity contribution in [1.29, 1.82) is 0 Å². The fourth-order valence-corrected chi connectivity index (χ4v) is 1.68. The maximum Gasteiger partial charge on any atom is 0.226 e. The van der Waals surface area contributed by atoms with Gasteiger partial charge in [-0.2, -0.15) is 0 Å². The minimum Gasteiger partial charge on any atom is -0.370 e. The molecule has 0 saturated carbocycles. The van der Waals surface area contributed by atoms with E-state index in [0.29, 0.717) is 19.4 Å². The fourth-order valence-electron chi connectivity index (χ4n) is 1.68. The number of hydrogen-bond donors (Lipinski definition) is 1. The normalized spacial score (nSPS) is 10.1. The summed E-state index contributed by atoms with van der Waals surface area (Å²) in [6.45, 7) is 0.666. The van der Waals surface area contributed by atoms with Gasteiger partial charge in [-0.15, -0.1) is 0 Å². The van der Waals surface area contributed by atoms with Gasteiger partial charge in [-0.05, 0) is 18.4 Å². The largest absolute Gasteiger partial charge is 0.370 e. The summed E-state index contributed by atoms with van der Waals surface area (Å²) in [5.74, 6) is -0.187. The maximum atomic E-state index is 11.9. The first-order valence-electron chi connectivity index (χ1n) is 6.16. The number of nitrogens with two attached hydrogens (primary N) is 1. The van der Waals surface area contributed by atoms with Crippen LogP contribution < -0.4 is 5.73 Å². The molecule has 0 unspecified atom stereocenters. The number of carbonyl (C=O) groups is 2. The first-order valence-corrected chi connectivity index (χ1v) is 6.16. The third-order valence-corrected chi connectivity index (χ3v) is 2.79. The van der Waals surface area contributed by atoms with Gasteiger partial charge in [-0.25, -0.2) is 0 Å². The second-order valence-electron chi connectivity index (χ2n) is 4.40. The Morgan fingerprint density at radius 2 is 1.83 bits per heavy atom. The molecule has 1 rings (SSSR count). The van der Waals surface area contributed by atoms with Gasteiger partial charge in [0, 0.05) is 20.0 Å². The van der Waals surface area contributed by atoms with Crippen molar-refractivity contribution in [3.05, 3.63) is 35.9 Å². The molecule has 0 saturated heterocycles. The molecule has 0 bridgehead atoms. The van der Waals surface area contributed by atoms with Crippen molar-refractivity contribution < 1.29 is 9.59 Å². The lowest BCUT2D eigenvalue weighted by atomic mass is 10.1. The smallest absolute Gasteiger partial charge is 0.226 e. The zero-order valence-corrected chi connectivity index (χ0v) is 10.8. The van der Waals surface area contributed by atoms with E-state index < -0.39 is 0 Å². The molecule has 0 aliphatic heterocycles. The van der Waals surface area contributed by atoms with E-state index in [1.54, 1.807) is 11.9 Å². The lowest BCUT2D eigenvalue weighted by Crippen LogP contribution is -2.29. The molecule has 2 N–H and O–H groups in total. The van der Waals surface area contributed by atoms with Gasteiger partial charge in [-0.3, -0.25) is 9.59 Å². The van der Waals surface area contributed by atoms with E-state index >= 15 is 0 Å². The van der Waals surface area contributed by atoms with Crippen LogP contribution in [0, 0.1) is 0 Å². The molecule has 0 spiro atoms. The molecule has 0 heterocycles. The van der Waals surface area contributed by atoms with Crippen LogP contribution in [-0.2, 0) is 16.0 Å². The van der Waals surface area contributed by atoms with Crippen LogP contribution in [0.5, 0.6) is 0 Å². The maximum absolute atomic E-state index is 11.9. The molecule has 4 heteroatoms. The average molecular weight is 248 g/mol. The van der Waals surface area contributed by atoms with E-state index in [1.807, 2.05) is 30.3 Å². The topological polar surface area (TPSA) is 63.4 Å². The summed E-state index contributed by atoms with van der Waals surface area (Å²) in [7, 11) is 1.79. The number of benzene rings is 1. The fraction of sp³-hybridized carbons (Fsp3) is 0.429. The lowest BCUT2D eigenvalue weighted by Gasteiger charge is -2.16. The zero-order valence-electron chi connectivity index (χ0n) is 10.8. The van der Waals surface area contributed by atoms with Gasteiger partial charge in [0.1, 0.15) is 0 Å². The summed E-state index contributed by atoms with van der Waals surface area (Å²) in [4.78, 5) is 24.1. The van der Waals surface area contributed by atoms with Crippen LogP contribution in [0.2, 0.25) is 0 Å². The van der Waals surface area contributed by atoms with E-state index in [2.05, 4.69) is 0 Å². The Balaban J connectivity index is 2.27. The van der Waals surface area contributed by atoms with Gasteiger partial charge in [0.2, 0.25) is 11.8 Å². The summed E-state index contributed by atoms with van der Waals surface area (Å²) in [6.07, 6.45) is 2.35. The van der Waals surface area contributed by atoms with Crippen LogP contribution in [0.4, 0.5) is 0 Å². The number of rotatable bonds is 7. The highest BCUT2D eigenvalue weighted by molar-refractivity contribution is 5.78. The predicted octanol–water partition coefficient (Wildman–Crippen LogP) is 1.34. The molecule has 0 atom stereocenters. The number of nitrogens with zero attached hydrogens (tertiary/aromatic N) is 1. The quantitative estimate of drug-likeness (QED) is 0.740. The summed E-state index contributed by atoms with van der Waals surface area (Å²) in [6, 6.07) is 9.67. The zero-order chi connectivity index (χ0) is 13.4. The molecule has 0 radical (unpaired) electrons. The monoisotopic (exact) mass is 248 g/mol. The molecule has 4 nitrogen and oxygen atoms in total. The summed E-state index contributed by atoms with van der Waals surface area (Å²) in [5, 5.41) is 0. The van der Waals surface area contributed by atoms with Gasteiger partial charge in [0.25, 0.3) is 0 Å². The molecule has 0 fully saturated rings. The Kier molecular flexibility index (Phi) is 5.91. The van der Waals surface area contributed by atoms with Gasteiger partial charge < -0.3 is 10.6 Å². The Bertz CT molecular complexity index is 390. The molecule has 2 amide bonds.